The number of ether oxygens (including phenoxy) is 2. The Morgan fingerprint density at radius 1 is 0.882 bits per heavy atom. The van der Waals surface area contributed by atoms with Crippen LogP contribution in [-0.4, -0.2) is 40.0 Å². The molecule has 17 heavy (non-hydrogen) atoms. The zero-order valence-electron chi connectivity index (χ0n) is 11.8. The quantitative estimate of drug-likeness (QED) is 0.305. The van der Waals surface area contributed by atoms with E-state index >= 15 is 0 Å². The third-order valence-electron chi connectivity index (χ3n) is 2.72. The molecule has 0 aliphatic rings. The van der Waals surface area contributed by atoms with E-state index < -0.39 is 8.07 Å². The molecule has 0 saturated carbocycles. The lowest BCUT2D eigenvalue weighted by Crippen LogP contribution is -2.28. The molecule has 4 heteroatoms. The number of rotatable bonds is 12. The van der Waals surface area contributed by atoms with Crippen LogP contribution in [-0.2, 0) is 9.47 Å². The van der Waals surface area contributed by atoms with Gasteiger partial charge < -0.3 is 9.47 Å². The molecule has 0 aliphatic carbocycles. The van der Waals surface area contributed by atoms with Gasteiger partial charge >= 0.3 is 0 Å². The zero-order valence-corrected chi connectivity index (χ0v) is 13.5. The molecular weight excluding hydrogens is 252 g/mol. The lowest BCUT2D eigenvalue weighted by Gasteiger charge is -2.18. The molecule has 0 aliphatic heterocycles. The van der Waals surface area contributed by atoms with Crippen LogP contribution < -0.4 is 0 Å². The molecule has 2 nitrogen and oxygen atoms in total. The first-order valence-corrected chi connectivity index (χ1v) is 10.8. The molecule has 0 N–H and O–H groups in total. The third-order valence-corrected chi connectivity index (χ3v) is 7.32. The Balaban J connectivity index is 3.09. The fraction of sp³-hybridized carbons (Fsp3) is 1.00. The van der Waals surface area contributed by atoms with E-state index in [0.29, 0.717) is 0 Å². The summed E-state index contributed by atoms with van der Waals surface area (Å²) in [5.74, 6) is 0. The molecule has 0 saturated heterocycles. The molecule has 0 rings (SSSR count). The average Bonchev–Trinajstić information content (AvgIpc) is 2.31. The second kappa shape index (κ2) is 11.5. The van der Waals surface area contributed by atoms with Crippen molar-refractivity contribution in [1.82, 2.24) is 0 Å². The minimum atomic E-state index is -1.11. The summed E-state index contributed by atoms with van der Waals surface area (Å²) in [6.07, 6.45) is 4.54. The van der Waals surface area contributed by atoms with Gasteiger partial charge in [0.1, 0.15) is 0 Å². The van der Waals surface area contributed by atoms with Gasteiger partial charge in [-0.1, -0.05) is 32.5 Å². The van der Waals surface area contributed by atoms with Crippen molar-refractivity contribution in [1.29, 1.82) is 0 Å². The van der Waals surface area contributed by atoms with E-state index in [4.69, 9.17) is 21.1 Å². The summed E-state index contributed by atoms with van der Waals surface area (Å²) in [6.45, 7) is 10.3. The minimum Gasteiger partial charge on any atom is -0.381 e. The molecular formula is C13H29ClO2Si. The van der Waals surface area contributed by atoms with E-state index in [0.717, 1.165) is 44.8 Å². The fourth-order valence-electron chi connectivity index (χ4n) is 1.43. The topological polar surface area (TPSA) is 18.5 Å². The molecule has 0 spiro atoms. The van der Waals surface area contributed by atoms with Crippen LogP contribution in [0.2, 0.25) is 19.1 Å². The predicted molar refractivity (Wildman–Crippen MR) is 78.8 cm³/mol. The first-order chi connectivity index (χ1) is 8.12. The van der Waals surface area contributed by atoms with E-state index in [1.54, 1.807) is 0 Å². The second-order valence-corrected chi connectivity index (χ2v) is 11.2. The largest absolute Gasteiger partial charge is 0.381 e. The van der Waals surface area contributed by atoms with Gasteiger partial charge in [-0.3, -0.25) is 0 Å². The van der Waals surface area contributed by atoms with Crippen LogP contribution in [0, 0.1) is 0 Å². The number of alkyl halides is 1. The molecule has 0 aromatic heterocycles. The van der Waals surface area contributed by atoms with E-state index in [2.05, 4.69) is 20.0 Å². The Morgan fingerprint density at radius 3 is 1.94 bits per heavy atom. The van der Waals surface area contributed by atoms with Gasteiger partial charge in [0.15, 0.2) is 0 Å². The summed E-state index contributed by atoms with van der Waals surface area (Å²) in [5, 5.41) is 0. The molecule has 0 aromatic rings. The first kappa shape index (κ1) is 17.4. The van der Waals surface area contributed by atoms with Crippen LogP contribution >= 0.6 is 11.6 Å². The van der Waals surface area contributed by atoms with E-state index in [1.165, 1.54) is 18.9 Å². The Kier molecular flexibility index (Phi) is 11.8. The highest BCUT2D eigenvalue weighted by atomic mass is 35.5. The number of halogens is 1. The van der Waals surface area contributed by atoms with Crippen molar-refractivity contribution >= 4 is 19.7 Å². The van der Waals surface area contributed by atoms with Gasteiger partial charge in [0, 0.05) is 31.9 Å². The van der Waals surface area contributed by atoms with Crippen molar-refractivity contribution in [3.05, 3.63) is 0 Å². The van der Waals surface area contributed by atoms with Crippen LogP contribution in [0.3, 0.4) is 0 Å². The molecule has 0 atom stereocenters. The van der Waals surface area contributed by atoms with E-state index in [-0.39, 0.29) is 0 Å². The summed E-state index contributed by atoms with van der Waals surface area (Å²) in [5.41, 5.74) is 0.859. The zero-order chi connectivity index (χ0) is 13.0. The summed E-state index contributed by atoms with van der Waals surface area (Å²) in [7, 11) is -1.11. The molecule has 0 fully saturated rings. The first-order valence-electron chi connectivity index (χ1n) is 6.84. The van der Waals surface area contributed by atoms with Crippen molar-refractivity contribution in [2.45, 2.75) is 51.7 Å². The van der Waals surface area contributed by atoms with Crippen molar-refractivity contribution < 1.29 is 9.47 Å². The Labute approximate surface area is 113 Å². The monoisotopic (exact) mass is 280 g/mol. The molecule has 0 unspecified atom stereocenters. The molecule has 0 heterocycles. The fourth-order valence-corrected chi connectivity index (χ4v) is 3.07. The summed E-state index contributed by atoms with van der Waals surface area (Å²) in [6, 6.07) is 1.27. The summed E-state index contributed by atoms with van der Waals surface area (Å²) in [4.78, 5) is 0. The smallest absolute Gasteiger partial charge is 0.0640 e. The summed E-state index contributed by atoms with van der Waals surface area (Å²) < 4.78 is 11.0. The van der Waals surface area contributed by atoms with Crippen LogP contribution in [0.5, 0.6) is 0 Å². The lowest BCUT2D eigenvalue weighted by molar-refractivity contribution is 0.0818. The SMILES string of the molecule is CCCCOCCCOCCC[Si](C)(C)CCl. The van der Waals surface area contributed by atoms with Crippen LogP contribution in [0.15, 0.2) is 0 Å². The van der Waals surface area contributed by atoms with Gasteiger partial charge in [-0.2, -0.15) is 0 Å². The molecule has 0 aromatic carbocycles. The van der Waals surface area contributed by atoms with Crippen LogP contribution in [0.25, 0.3) is 0 Å². The molecule has 104 valence electrons. The van der Waals surface area contributed by atoms with Gasteiger partial charge in [-0.05, 0) is 19.3 Å². The van der Waals surface area contributed by atoms with Gasteiger partial charge in [-0.15, -0.1) is 11.6 Å². The minimum absolute atomic E-state index is 0.828. The van der Waals surface area contributed by atoms with Gasteiger partial charge in [0.25, 0.3) is 0 Å². The highest BCUT2D eigenvalue weighted by Crippen LogP contribution is 2.13. The maximum absolute atomic E-state index is 5.92. The van der Waals surface area contributed by atoms with E-state index in [1.807, 2.05) is 0 Å². The standard InChI is InChI=1S/C13H29ClO2Si/c1-4-5-8-15-9-6-10-16-11-7-12-17(2,3)13-14/h4-13H2,1-3H3. The number of hydrogen-bond donors (Lipinski definition) is 0. The van der Waals surface area contributed by atoms with Crippen LogP contribution in [0.1, 0.15) is 32.6 Å². The van der Waals surface area contributed by atoms with Crippen molar-refractivity contribution in [2.75, 3.05) is 31.9 Å². The predicted octanol–water partition coefficient (Wildman–Crippen LogP) is 4.09. The van der Waals surface area contributed by atoms with Gasteiger partial charge in [0.05, 0.1) is 8.07 Å². The van der Waals surface area contributed by atoms with E-state index in [9.17, 15) is 0 Å². The van der Waals surface area contributed by atoms with Gasteiger partial charge in [-0.25, -0.2) is 0 Å². The number of hydrogen-bond acceptors (Lipinski definition) is 2. The number of unbranched alkanes of at least 4 members (excludes halogenated alkanes) is 1. The highest BCUT2D eigenvalue weighted by molar-refractivity contribution is 6.83. The van der Waals surface area contributed by atoms with Gasteiger partial charge in [0.2, 0.25) is 0 Å². The Bertz CT molecular complexity index is 165. The third kappa shape index (κ3) is 12.7. The highest BCUT2D eigenvalue weighted by Gasteiger charge is 2.17. The normalized spacial score (nSPS) is 12.0. The molecule has 0 radical (unpaired) electrons. The van der Waals surface area contributed by atoms with Crippen molar-refractivity contribution in [2.24, 2.45) is 0 Å². The van der Waals surface area contributed by atoms with Crippen LogP contribution in [0.4, 0.5) is 0 Å². The molecule has 0 bridgehead atoms. The Morgan fingerprint density at radius 2 is 1.41 bits per heavy atom. The van der Waals surface area contributed by atoms with Crippen molar-refractivity contribution in [3.63, 3.8) is 0 Å². The Hall–Kier alpha value is 0.427. The summed E-state index contributed by atoms with van der Waals surface area (Å²) >= 11 is 5.92. The maximum atomic E-state index is 5.92. The van der Waals surface area contributed by atoms with Crippen molar-refractivity contribution in [3.8, 4) is 0 Å². The lowest BCUT2D eigenvalue weighted by atomic mass is 10.4. The second-order valence-electron chi connectivity index (χ2n) is 5.33. The molecule has 0 amide bonds. The average molecular weight is 281 g/mol. The maximum Gasteiger partial charge on any atom is 0.0640 e.